The van der Waals surface area contributed by atoms with Crippen LogP contribution in [0, 0.1) is 5.92 Å². The molecule has 1 heterocycles. The zero-order valence-electron chi connectivity index (χ0n) is 15.7. The molecule has 0 amide bonds. The number of benzene rings is 1. The number of ether oxygens (including phenoxy) is 1. The predicted molar refractivity (Wildman–Crippen MR) is 101 cm³/mol. The van der Waals surface area contributed by atoms with E-state index in [9.17, 15) is 5.11 Å². The highest BCUT2D eigenvalue weighted by Gasteiger charge is 2.39. The first kappa shape index (κ1) is 17.1. The lowest BCUT2D eigenvalue weighted by molar-refractivity contribution is 0.131. The highest BCUT2D eigenvalue weighted by atomic mass is 16.5. The number of aromatic hydroxyl groups is 1. The molecule has 1 N–H and O–H groups in total. The van der Waals surface area contributed by atoms with Crippen LogP contribution in [-0.4, -0.2) is 10.7 Å². The number of phenols is 1. The van der Waals surface area contributed by atoms with E-state index in [1.54, 1.807) is 0 Å². The fourth-order valence-corrected chi connectivity index (χ4v) is 4.42. The van der Waals surface area contributed by atoms with Crippen molar-refractivity contribution < 1.29 is 9.84 Å². The number of hydrogen-bond acceptors (Lipinski definition) is 2. The fraction of sp³-hybridized carbons (Fsp3) is 0.545. The quantitative estimate of drug-likeness (QED) is 0.684. The van der Waals surface area contributed by atoms with Gasteiger partial charge < -0.3 is 9.84 Å². The molecule has 1 aliphatic heterocycles. The van der Waals surface area contributed by atoms with E-state index in [4.69, 9.17) is 4.74 Å². The molecule has 1 aliphatic carbocycles. The first-order valence-corrected chi connectivity index (χ1v) is 9.30. The molecule has 1 aromatic carbocycles. The first-order chi connectivity index (χ1) is 11.3. The van der Waals surface area contributed by atoms with Gasteiger partial charge in [-0.2, -0.15) is 0 Å². The highest BCUT2D eigenvalue weighted by Crippen LogP contribution is 2.51. The van der Waals surface area contributed by atoms with Gasteiger partial charge >= 0.3 is 0 Å². The maximum atomic E-state index is 10.7. The molecule has 2 aliphatic rings. The second-order valence-corrected chi connectivity index (χ2v) is 7.98. The standard InChI is InChI=1S/C22H30O2/c1-6-7-8-9-16-12-18(23)20-17-11-14(2)10-15(3)21(17)22(4,5)24-19(20)13-16/h11-13,15,23H,6-10H2,1-5H3. The van der Waals surface area contributed by atoms with Gasteiger partial charge in [0, 0.05) is 0 Å². The third kappa shape index (κ3) is 2.99. The minimum absolute atomic E-state index is 0.326. The topological polar surface area (TPSA) is 29.5 Å². The molecule has 130 valence electrons. The molecular formula is C22H30O2. The zero-order chi connectivity index (χ0) is 17.5. The molecular weight excluding hydrogens is 296 g/mol. The number of aryl methyl sites for hydroxylation is 1. The summed E-state index contributed by atoms with van der Waals surface area (Å²) in [6.45, 7) is 11.0. The van der Waals surface area contributed by atoms with Gasteiger partial charge in [0.05, 0.1) is 5.56 Å². The number of phenolic OH excluding ortho intramolecular Hbond substituents is 1. The van der Waals surface area contributed by atoms with Crippen LogP contribution in [0.4, 0.5) is 0 Å². The number of rotatable bonds is 4. The van der Waals surface area contributed by atoms with Crippen LogP contribution in [0.5, 0.6) is 11.5 Å². The second-order valence-electron chi connectivity index (χ2n) is 7.98. The van der Waals surface area contributed by atoms with Crippen molar-refractivity contribution in [3.8, 4) is 11.5 Å². The maximum Gasteiger partial charge on any atom is 0.132 e. The summed E-state index contributed by atoms with van der Waals surface area (Å²) in [7, 11) is 0. The van der Waals surface area contributed by atoms with E-state index >= 15 is 0 Å². The van der Waals surface area contributed by atoms with Crippen LogP contribution in [0.2, 0.25) is 0 Å². The van der Waals surface area contributed by atoms with Gasteiger partial charge in [-0.3, -0.25) is 0 Å². The van der Waals surface area contributed by atoms with Gasteiger partial charge in [-0.15, -0.1) is 0 Å². The summed E-state index contributed by atoms with van der Waals surface area (Å²) in [5.74, 6) is 1.64. The second kappa shape index (κ2) is 6.31. The zero-order valence-corrected chi connectivity index (χ0v) is 15.7. The van der Waals surface area contributed by atoms with E-state index in [-0.39, 0.29) is 5.60 Å². The number of fused-ring (bicyclic) bond motifs is 2. The van der Waals surface area contributed by atoms with Crippen LogP contribution in [-0.2, 0) is 6.42 Å². The van der Waals surface area contributed by atoms with Crippen molar-refractivity contribution in [3.05, 3.63) is 40.5 Å². The summed E-state index contributed by atoms with van der Waals surface area (Å²) in [6.07, 6.45) is 7.89. The van der Waals surface area contributed by atoms with Crippen LogP contribution >= 0.6 is 0 Å². The number of hydrogen-bond donors (Lipinski definition) is 1. The van der Waals surface area contributed by atoms with E-state index in [2.05, 4.69) is 46.8 Å². The summed E-state index contributed by atoms with van der Waals surface area (Å²) in [5, 5.41) is 10.7. The summed E-state index contributed by atoms with van der Waals surface area (Å²) in [5.41, 5.74) is 5.59. The van der Waals surface area contributed by atoms with Crippen LogP contribution < -0.4 is 4.74 Å². The fourth-order valence-electron chi connectivity index (χ4n) is 4.42. The van der Waals surface area contributed by atoms with Crippen LogP contribution in [0.3, 0.4) is 0 Å². The lowest BCUT2D eigenvalue weighted by Crippen LogP contribution is -2.38. The van der Waals surface area contributed by atoms with Gasteiger partial charge in [0.15, 0.2) is 0 Å². The van der Waals surface area contributed by atoms with Crippen LogP contribution in [0.1, 0.15) is 71.4 Å². The molecule has 0 aromatic heterocycles. The molecule has 2 nitrogen and oxygen atoms in total. The van der Waals surface area contributed by atoms with E-state index in [1.165, 1.54) is 35.1 Å². The summed E-state index contributed by atoms with van der Waals surface area (Å²) >= 11 is 0. The Bertz CT molecular complexity index is 707. The van der Waals surface area contributed by atoms with Crippen molar-refractivity contribution >= 4 is 5.57 Å². The smallest absolute Gasteiger partial charge is 0.132 e. The molecule has 1 unspecified atom stereocenters. The third-order valence-electron chi connectivity index (χ3n) is 5.30. The van der Waals surface area contributed by atoms with Crippen molar-refractivity contribution in [2.24, 2.45) is 5.92 Å². The average Bonchev–Trinajstić information content (AvgIpc) is 2.44. The summed E-state index contributed by atoms with van der Waals surface area (Å²) in [6, 6.07) is 4.07. The molecule has 0 saturated heterocycles. The Hall–Kier alpha value is -1.70. The molecule has 0 saturated carbocycles. The summed E-state index contributed by atoms with van der Waals surface area (Å²) in [4.78, 5) is 0. The Kier molecular flexibility index (Phi) is 4.50. The lowest BCUT2D eigenvalue weighted by Gasteiger charge is -2.41. The van der Waals surface area contributed by atoms with Crippen LogP contribution in [0.25, 0.3) is 5.57 Å². The minimum Gasteiger partial charge on any atom is -0.507 e. The van der Waals surface area contributed by atoms with Gasteiger partial charge in [0.25, 0.3) is 0 Å². The normalized spacial score (nSPS) is 21.7. The highest BCUT2D eigenvalue weighted by molar-refractivity contribution is 5.87. The minimum atomic E-state index is -0.326. The van der Waals surface area contributed by atoms with Gasteiger partial charge in [-0.25, -0.2) is 0 Å². The Morgan fingerprint density at radius 1 is 1.25 bits per heavy atom. The van der Waals surface area contributed by atoms with Gasteiger partial charge in [-0.1, -0.05) is 38.3 Å². The monoisotopic (exact) mass is 326 g/mol. The molecule has 0 radical (unpaired) electrons. The Labute approximate surface area is 146 Å². The molecule has 0 bridgehead atoms. The SMILES string of the molecule is CCCCCc1cc(O)c2c(c1)OC(C)(C)C1=C2C=C(C)CC1C. The Morgan fingerprint density at radius 2 is 2.00 bits per heavy atom. The number of unbranched alkanes of at least 4 members (excludes halogenated alkanes) is 2. The first-order valence-electron chi connectivity index (χ1n) is 9.30. The molecule has 3 rings (SSSR count). The van der Waals surface area contributed by atoms with Gasteiger partial charge in [0.1, 0.15) is 17.1 Å². The van der Waals surface area contributed by atoms with Crippen molar-refractivity contribution in [1.29, 1.82) is 0 Å². The largest absolute Gasteiger partial charge is 0.507 e. The molecule has 24 heavy (non-hydrogen) atoms. The van der Waals surface area contributed by atoms with Crippen molar-refractivity contribution in [3.63, 3.8) is 0 Å². The Morgan fingerprint density at radius 3 is 2.71 bits per heavy atom. The predicted octanol–water partition coefficient (Wildman–Crippen LogP) is 6.04. The van der Waals surface area contributed by atoms with Gasteiger partial charge in [0.2, 0.25) is 0 Å². The Balaban J connectivity index is 2.09. The molecule has 2 heteroatoms. The van der Waals surface area contributed by atoms with Gasteiger partial charge in [-0.05, 0) is 74.8 Å². The van der Waals surface area contributed by atoms with Crippen molar-refractivity contribution in [2.45, 2.75) is 72.3 Å². The van der Waals surface area contributed by atoms with Crippen LogP contribution in [0.15, 0.2) is 29.4 Å². The maximum absolute atomic E-state index is 10.7. The third-order valence-corrected chi connectivity index (χ3v) is 5.30. The molecule has 0 fully saturated rings. The van der Waals surface area contributed by atoms with E-state index in [0.717, 1.165) is 30.6 Å². The van der Waals surface area contributed by atoms with Crippen molar-refractivity contribution in [2.75, 3.05) is 0 Å². The van der Waals surface area contributed by atoms with E-state index < -0.39 is 0 Å². The molecule has 1 atom stereocenters. The van der Waals surface area contributed by atoms with Crippen molar-refractivity contribution in [1.82, 2.24) is 0 Å². The lowest BCUT2D eigenvalue weighted by atomic mass is 9.73. The average molecular weight is 326 g/mol. The van der Waals surface area contributed by atoms with E-state index in [0.29, 0.717) is 11.7 Å². The number of allylic oxidation sites excluding steroid dienone is 3. The molecule has 0 spiro atoms. The summed E-state index contributed by atoms with van der Waals surface area (Å²) < 4.78 is 6.38. The molecule has 1 aromatic rings. The van der Waals surface area contributed by atoms with E-state index in [1.807, 2.05) is 6.07 Å².